The summed E-state index contributed by atoms with van der Waals surface area (Å²) in [5, 5.41) is 0. The highest BCUT2D eigenvalue weighted by Gasteiger charge is 2.12. The number of H-pyrrole nitrogens is 1. The third kappa shape index (κ3) is 2.63. The number of amides is 1. The molecule has 0 saturated carbocycles. The minimum atomic E-state index is -1.15. The Labute approximate surface area is 106 Å². The van der Waals surface area contributed by atoms with Crippen LogP contribution in [0.15, 0.2) is 35.7 Å². The summed E-state index contributed by atoms with van der Waals surface area (Å²) in [6.07, 6.45) is 0.650. The lowest BCUT2D eigenvalue weighted by Gasteiger charge is -2.06. The lowest BCUT2D eigenvalue weighted by Crippen LogP contribution is -2.16. The molecule has 1 unspecified atom stereocenters. The molecule has 1 aromatic carbocycles. The fourth-order valence-corrected chi connectivity index (χ4v) is 2.32. The Morgan fingerprint density at radius 2 is 2.44 bits per heavy atom. The first-order valence-corrected chi connectivity index (χ1v) is 6.38. The van der Waals surface area contributed by atoms with Crippen LogP contribution in [-0.2, 0) is 11.2 Å². The van der Waals surface area contributed by atoms with Gasteiger partial charge in [0.05, 0.1) is 11.0 Å². The van der Waals surface area contributed by atoms with Gasteiger partial charge >= 0.3 is 12.1 Å². The second kappa shape index (κ2) is 5.11. The number of nitrogens with one attached hydrogen (secondary N) is 1. The molecule has 0 saturated heterocycles. The number of hydrogen-bond donors (Lipinski definition) is 2. The van der Waals surface area contributed by atoms with E-state index in [2.05, 4.69) is 21.3 Å². The molecule has 0 aliphatic carbocycles. The summed E-state index contributed by atoms with van der Waals surface area (Å²) in [7, 11) is 0. The molecule has 2 aromatic rings. The second-order valence-corrected chi connectivity index (χ2v) is 4.94. The Morgan fingerprint density at radius 3 is 3.11 bits per heavy atom. The minimum absolute atomic E-state index is 0.0177. The normalized spacial score (nSPS) is 12.3. The summed E-state index contributed by atoms with van der Waals surface area (Å²) in [6.45, 7) is 3.54. The van der Waals surface area contributed by atoms with Crippen molar-refractivity contribution in [3.05, 3.63) is 30.9 Å². The molecule has 7 heteroatoms. The number of fused-ring (bicyclic) bond motifs is 1. The first-order valence-electron chi connectivity index (χ1n) is 5.06. The van der Waals surface area contributed by atoms with Crippen molar-refractivity contribution in [3.8, 4) is 6.01 Å². The Hall–Kier alpha value is -1.99. The fourth-order valence-electron chi connectivity index (χ4n) is 1.45. The van der Waals surface area contributed by atoms with Crippen molar-refractivity contribution < 1.29 is 14.1 Å². The zero-order valence-corrected chi connectivity index (χ0v) is 10.2. The van der Waals surface area contributed by atoms with E-state index in [0.29, 0.717) is 21.7 Å². The van der Waals surface area contributed by atoms with E-state index >= 15 is 0 Å². The summed E-state index contributed by atoms with van der Waals surface area (Å²) in [4.78, 5) is 18.0. The summed E-state index contributed by atoms with van der Waals surface area (Å²) < 4.78 is 16.4. The largest absolute Gasteiger partial charge is 0.611 e. The van der Waals surface area contributed by atoms with Crippen LogP contribution in [0.25, 0.3) is 11.0 Å². The summed E-state index contributed by atoms with van der Waals surface area (Å²) in [6, 6.07) is 5.11. The Morgan fingerprint density at radius 1 is 1.67 bits per heavy atom. The number of rotatable bonds is 4. The van der Waals surface area contributed by atoms with Crippen LogP contribution < -0.4 is 10.5 Å². The van der Waals surface area contributed by atoms with Gasteiger partial charge in [0.1, 0.15) is 5.75 Å². The van der Waals surface area contributed by atoms with Gasteiger partial charge in [-0.2, -0.15) is 4.98 Å². The average Bonchev–Trinajstić information content (AvgIpc) is 2.69. The predicted octanol–water partition coefficient (Wildman–Crippen LogP) is 1.31. The zero-order valence-electron chi connectivity index (χ0n) is 9.38. The van der Waals surface area contributed by atoms with E-state index < -0.39 is 17.3 Å². The van der Waals surface area contributed by atoms with Crippen LogP contribution in [0.5, 0.6) is 6.01 Å². The van der Waals surface area contributed by atoms with Gasteiger partial charge in [0.15, 0.2) is 4.90 Å². The monoisotopic (exact) mass is 265 g/mol. The van der Waals surface area contributed by atoms with Crippen molar-refractivity contribution in [1.29, 1.82) is 0 Å². The van der Waals surface area contributed by atoms with Crippen molar-refractivity contribution in [2.24, 2.45) is 5.73 Å². The molecular formula is C11H11N3O3S. The number of aromatic amines is 1. The number of carbonyl (C=O) groups excluding carboxylic acids is 1. The van der Waals surface area contributed by atoms with E-state index in [4.69, 9.17) is 5.73 Å². The quantitative estimate of drug-likeness (QED) is 0.642. The molecule has 0 radical (unpaired) electrons. The van der Waals surface area contributed by atoms with Gasteiger partial charge in [-0.15, -0.1) is 0 Å². The van der Waals surface area contributed by atoms with Gasteiger partial charge in [-0.1, -0.05) is 6.58 Å². The van der Waals surface area contributed by atoms with Gasteiger partial charge in [0.2, 0.25) is 0 Å². The predicted molar refractivity (Wildman–Crippen MR) is 67.8 cm³/mol. The van der Waals surface area contributed by atoms with E-state index in [0.717, 1.165) is 0 Å². The maximum Gasteiger partial charge on any atom is 0.412 e. The van der Waals surface area contributed by atoms with Crippen molar-refractivity contribution >= 4 is 28.3 Å². The molecule has 1 atom stereocenters. The molecular weight excluding hydrogens is 254 g/mol. The molecule has 0 fully saturated rings. The maximum absolute atomic E-state index is 11.8. The van der Waals surface area contributed by atoms with E-state index in [-0.39, 0.29) is 6.01 Å². The number of ether oxygens (including phenoxy) is 1. The molecule has 1 heterocycles. The van der Waals surface area contributed by atoms with Crippen molar-refractivity contribution in [2.75, 3.05) is 5.75 Å². The highest BCUT2D eigenvalue weighted by atomic mass is 32.2. The number of nitrogens with zero attached hydrogens (tertiary/aromatic N) is 1. The van der Waals surface area contributed by atoms with Gasteiger partial charge in [0, 0.05) is 6.07 Å². The molecule has 3 N–H and O–H groups in total. The van der Waals surface area contributed by atoms with Crippen molar-refractivity contribution in [3.63, 3.8) is 0 Å². The van der Waals surface area contributed by atoms with E-state index in [9.17, 15) is 9.35 Å². The zero-order chi connectivity index (χ0) is 13.1. The molecule has 0 aliphatic rings. The molecule has 0 aliphatic heterocycles. The summed E-state index contributed by atoms with van der Waals surface area (Å²) in [5.74, 6) is 0.376. The van der Waals surface area contributed by atoms with Gasteiger partial charge < -0.3 is 20.0 Å². The minimum Gasteiger partial charge on any atom is -0.611 e. The Kier molecular flexibility index (Phi) is 3.54. The number of carbonyl (C=O) groups is 1. The smallest absolute Gasteiger partial charge is 0.412 e. The summed E-state index contributed by atoms with van der Waals surface area (Å²) in [5.41, 5.74) is 6.11. The van der Waals surface area contributed by atoms with Crippen LogP contribution >= 0.6 is 0 Å². The van der Waals surface area contributed by atoms with Gasteiger partial charge in [0.25, 0.3) is 0 Å². The van der Waals surface area contributed by atoms with E-state index in [1.54, 1.807) is 24.3 Å². The molecule has 0 bridgehead atoms. The van der Waals surface area contributed by atoms with Gasteiger partial charge in [-0.25, -0.2) is 4.79 Å². The highest BCUT2D eigenvalue weighted by Crippen LogP contribution is 2.20. The SMILES string of the molecule is C=CC[S+]([O-])c1ccc2[nH]c(OC(N)=O)nc2c1. The maximum atomic E-state index is 11.8. The topological polar surface area (TPSA) is 104 Å². The third-order valence-electron chi connectivity index (χ3n) is 2.16. The Balaban J connectivity index is 2.33. The molecule has 1 aromatic heterocycles. The fraction of sp³-hybridized carbons (Fsp3) is 0.0909. The molecule has 1 amide bonds. The molecule has 18 heavy (non-hydrogen) atoms. The highest BCUT2D eigenvalue weighted by molar-refractivity contribution is 7.91. The average molecular weight is 265 g/mol. The second-order valence-electron chi connectivity index (χ2n) is 3.44. The third-order valence-corrected chi connectivity index (χ3v) is 3.48. The number of primary amides is 1. The molecule has 94 valence electrons. The number of imidazole rings is 1. The summed E-state index contributed by atoms with van der Waals surface area (Å²) >= 11 is -1.15. The molecule has 0 spiro atoms. The Bertz CT molecular complexity index is 596. The van der Waals surface area contributed by atoms with Crippen LogP contribution in [0.3, 0.4) is 0 Å². The van der Waals surface area contributed by atoms with Crippen LogP contribution in [0.4, 0.5) is 4.79 Å². The van der Waals surface area contributed by atoms with Gasteiger partial charge in [-0.05, 0) is 29.4 Å². The number of hydrogen-bond acceptors (Lipinski definition) is 4. The van der Waals surface area contributed by atoms with Gasteiger partial charge in [-0.3, -0.25) is 0 Å². The van der Waals surface area contributed by atoms with Crippen molar-refractivity contribution in [2.45, 2.75) is 4.90 Å². The van der Waals surface area contributed by atoms with Crippen LogP contribution in [0, 0.1) is 0 Å². The standard InChI is InChI=1S/C11H11N3O3S/c1-2-5-18(16)7-3-4-8-9(6-7)14-11(13-8)17-10(12)15/h2-4,6H,1,5H2,(H2,12,15)(H,13,14). The van der Waals surface area contributed by atoms with E-state index in [1.807, 2.05) is 0 Å². The molecule has 2 rings (SSSR count). The first kappa shape index (κ1) is 12.5. The number of benzene rings is 1. The lowest BCUT2D eigenvalue weighted by atomic mass is 10.3. The van der Waals surface area contributed by atoms with Crippen LogP contribution in [0.1, 0.15) is 0 Å². The van der Waals surface area contributed by atoms with Crippen molar-refractivity contribution in [1.82, 2.24) is 9.97 Å². The van der Waals surface area contributed by atoms with Crippen LogP contribution in [-0.4, -0.2) is 26.4 Å². The number of nitrogens with two attached hydrogens (primary N) is 1. The first-order chi connectivity index (χ1) is 8.60. The lowest BCUT2D eigenvalue weighted by molar-refractivity contribution is 0.207. The molecule has 6 nitrogen and oxygen atoms in total. The number of aromatic nitrogens is 2. The van der Waals surface area contributed by atoms with Crippen LogP contribution in [0.2, 0.25) is 0 Å². The van der Waals surface area contributed by atoms with E-state index in [1.165, 1.54) is 0 Å².